The van der Waals surface area contributed by atoms with Gasteiger partial charge in [-0.1, -0.05) is 38.4 Å². The average Bonchev–Trinajstić information content (AvgIpc) is 3.41. The lowest BCUT2D eigenvalue weighted by Gasteiger charge is -2.35. The third kappa shape index (κ3) is 6.56. The van der Waals surface area contributed by atoms with Crippen molar-refractivity contribution in [2.45, 2.75) is 65.7 Å². The first kappa shape index (κ1) is 27.5. The number of amides is 1. The number of carbonyl (C=O) groups excluding carboxylic acids is 1. The molecule has 3 aromatic rings. The third-order valence-corrected chi connectivity index (χ3v) is 7.31. The van der Waals surface area contributed by atoms with Crippen LogP contribution in [0.4, 0.5) is 5.95 Å². The smallest absolute Gasteiger partial charge is 0.257 e. The van der Waals surface area contributed by atoms with E-state index in [1.807, 2.05) is 0 Å². The topological polar surface area (TPSA) is 62.2 Å². The van der Waals surface area contributed by atoms with Crippen LogP contribution >= 0.6 is 24.0 Å². The van der Waals surface area contributed by atoms with Crippen molar-refractivity contribution in [2.75, 3.05) is 18.9 Å². The Morgan fingerprint density at radius 2 is 1.97 bits per heavy atom. The maximum atomic E-state index is 12.9. The van der Waals surface area contributed by atoms with E-state index in [-0.39, 0.29) is 23.7 Å². The lowest BCUT2D eigenvalue weighted by atomic mass is 9.87. The Kier molecular flexibility index (Phi) is 8.86. The molecular weight excluding hydrogens is 481 g/mol. The lowest BCUT2D eigenvalue weighted by molar-refractivity contribution is 0.102. The number of benzene rings is 2. The van der Waals surface area contributed by atoms with E-state index < -0.39 is 0 Å². The molecule has 2 atom stereocenters. The SMILES string of the molecule is C[C@H](N(C)Cc1ccc2c(c1)nc(NC(=O)c1ccc(Cl)cc1)n2CC1CCCN1)C(C)(C)C.Cl. The summed E-state index contributed by atoms with van der Waals surface area (Å²) in [5.41, 5.74) is 3.91. The minimum absolute atomic E-state index is 0. The second kappa shape index (κ2) is 11.3. The number of nitrogens with zero attached hydrogens (tertiary/aromatic N) is 3. The molecule has 8 heteroatoms. The summed E-state index contributed by atoms with van der Waals surface area (Å²) >= 11 is 5.99. The van der Waals surface area contributed by atoms with Gasteiger partial charge in [-0.3, -0.25) is 15.0 Å². The number of nitrogens with one attached hydrogen (secondary N) is 2. The van der Waals surface area contributed by atoms with Gasteiger partial charge in [-0.15, -0.1) is 12.4 Å². The van der Waals surface area contributed by atoms with E-state index in [4.69, 9.17) is 16.6 Å². The van der Waals surface area contributed by atoms with Crippen LogP contribution in [0, 0.1) is 5.41 Å². The van der Waals surface area contributed by atoms with Gasteiger partial charge in [0.2, 0.25) is 5.95 Å². The Labute approximate surface area is 219 Å². The van der Waals surface area contributed by atoms with Gasteiger partial charge in [0.05, 0.1) is 11.0 Å². The van der Waals surface area contributed by atoms with Crippen molar-refractivity contribution in [2.24, 2.45) is 5.41 Å². The maximum absolute atomic E-state index is 12.9. The molecule has 2 aromatic carbocycles. The minimum Gasteiger partial charge on any atom is -0.312 e. The van der Waals surface area contributed by atoms with Crippen molar-refractivity contribution < 1.29 is 4.79 Å². The number of rotatable bonds is 7. The Hall–Kier alpha value is -2.12. The monoisotopic (exact) mass is 517 g/mol. The Balaban J connectivity index is 0.00000342. The number of fused-ring (bicyclic) bond motifs is 1. The van der Waals surface area contributed by atoms with Crippen LogP contribution in [0.5, 0.6) is 0 Å². The quantitative estimate of drug-likeness (QED) is 0.404. The second-order valence-electron chi connectivity index (χ2n) is 10.6. The second-order valence-corrected chi connectivity index (χ2v) is 11.0. The summed E-state index contributed by atoms with van der Waals surface area (Å²) < 4.78 is 2.14. The van der Waals surface area contributed by atoms with Crippen LogP contribution in [0.25, 0.3) is 11.0 Å². The van der Waals surface area contributed by atoms with Crippen LogP contribution in [0.2, 0.25) is 5.02 Å². The molecule has 0 spiro atoms. The van der Waals surface area contributed by atoms with Crippen molar-refractivity contribution >= 4 is 46.9 Å². The van der Waals surface area contributed by atoms with Crippen LogP contribution in [-0.2, 0) is 13.1 Å². The zero-order chi connectivity index (χ0) is 24.5. The first-order chi connectivity index (χ1) is 16.1. The van der Waals surface area contributed by atoms with Crippen LogP contribution in [0.3, 0.4) is 0 Å². The molecule has 1 saturated heterocycles. The Morgan fingerprint density at radius 3 is 2.60 bits per heavy atom. The van der Waals surface area contributed by atoms with Crippen molar-refractivity contribution in [3.05, 3.63) is 58.6 Å². The summed E-state index contributed by atoms with van der Waals surface area (Å²) in [6, 6.07) is 14.2. The molecule has 0 aliphatic carbocycles. The van der Waals surface area contributed by atoms with Gasteiger partial charge in [0.25, 0.3) is 5.91 Å². The fourth-order valence-electron chi connectivity index (χ4n) is 4.55. The molecule has 1 amide bonds. The number of hydrogen-bond acceptors (Lipinski definition) is 4. The maximum Gasteiger partial charge on any atom is 0.257 e. The molecular formula is C27H37Cl2N5O. The zero-order valence-electron chi connectivity index (χ0n) is 21.3. The molecule has 0 radical (unpaired) electrons. The predicted molar refractivity (Wildman–Crippen MR) is 148 cm³/mol. The number of aromatic nitrogens is 2. The number of halogens is 2. The molecule has 1 unspecified atom stereocenters. The van der Waals surface area contributed by atoms with E-state index in [1.54, 1.807) is 24.3 Å². The van der Waals surface area contributed by atoms with Gasteiger partial charge in [-0.05, 0) is 80.7 Å². The van der Waals surface area contributed by atoms with Gasteiger partial charge in [0.1, 0.15) is 0 Å². The highest BCUT2D eigenvalue weighted by Crippen LogP contribution is 2.27. The molecule has 190 valence electrons. The standard InChI is InChI=1S/C27H36ClN5O.ClH/c1-18(27(2,3)4)32(5)16-19-8-13-24-23(15-19)30-26(33(24)17-22-7-6-14-29-22)31-25(34)20-9-11-21(28)12-10-20;/h8-13,15,18,22,29H,6-7,14,16-17H2,1-5H3,(H,30,31,34);1H/t18-,22?;/m0./s1. The van der Waals surface area contributed by atoms with Crippen molar-refractivity contribution in [3.63, 3.8) is 0 Å². The van der Waals surface area contributed by atoms with Gasteiger partial charge in [-0.25, -0.2) is 4.98 Å². The van der Waals surface area contributed by atoms with Crippen LogP contribution in [-0.4, -0.2) is 46.0 Å². The summed E-state index contributed by atoms with van der Waals surface area (Å²) in [5.74, 6) is 0.392. The summed E-state index contributed by atoms with van der Waals surface area (Å²) in [4.78, 5) is 20.2. The molecule has 2 N–H and O–H groups in total. The van der Waals surface area contributed by atoms with Gasteiger partial charge in [0.15, 0.2) is 0 Å². The van der Waals surface area contributed by atoms with Gasteiger partial charge < -0.3 is 9.88 Å². The van der Waals surface area contributed by atoms with Gasteiger partial charge in [-0.2, -0.15) is 0 Å². The number of hydrogen-bond donors (Lipinski definition) is 2. The molecule has 35 heavy (non-hydrogen) atoms. The Morgan fingerprint density at radius 1 is 1.26 bits per heavy atom. The molecule has 1 fully saturated rings. The highest BCUT2D eigenvalue weighted by atomic mass is 35.5. The molecule has 1 aromatic heterocycles. The number of carbonyl (C=O) groups is 1. The van der Waals surface area contributed by atoms with Gasteiger partial charge in [0, 0.05) is 35.8 Å². The van der Waals surface area contributed by atoms with E-state index >= 15 is 0 Å². The normalized spacial score (nSPS) is 16.9. The van der Waals surface area contributed by atoms with Crippen molar-refractivity contribution in [3.8, 4) is 0 Å². The molecule has 4 rings (SSSR count). The first-order valence-corrected chi connectivity index (χ1v) is 12.5. The summed E-state index contributed by atoms with van der Waals surface area (Å²) in [7, 11) is 2.17. The lowest BCUT2D eigenvalue weighted by Crippen LogP contribution is -2.38. The van der Waals surface area contributed by atoms with E-state index in [0.717, 1.165) is 37.1 Å². The largest absolute Gasteiger partial charge is 0.312 e. The molecule has 1 aliphatic heterocycles. The summed E-state index contributed by atoms with van der Waals surface area (Å²) in [6.45, 7) is 11.7. The van der Waals surface area contributed by atoms with Crippen molar-refractivity contribution in [1.82, 2.24) is 19.8 Å². The fourth-order valence-corrected chi connectivity index (χ4v) is 4.67. The molecule has 1 aliphatic rings. The van der Waals surface area contributed by atoms with Crippen LogP contribution in [0.15, 0.2) is 42.5 Å². The number of anilines is 1. The zero-order valence-corrected chi connectivity index (χ0v) is 22.8. The van der Waals surface area contributed by atoms with Crippen LogP contribution in [0.1, 0.15) is 56.5 Å². The van der Waals surface area contributed by atoms with E-state index in [2.05, 4.69) is 73.0 Å². The first-order valence-electron chi connectivity index (χ1n) is 12.1. The molecule has 2 heterocycles. The fraction of sp³-hybridized carbons (Fsp3) is 0.481. The third-order valence-electron chi connectivity index (χ3n) is 7.06. The van der Waals surface area contributed by atoms with E-state index in [9.17, 15) is 4.79 Å². The Bertz CT molecular complexity index is 1150. The summed E-state index contributed by atoms with van der Waals surface area (Å²) in [5, 5.41) is 7.20. The molecule has 0 saturated carbocycles. The average molecular weight is 519 g/mol. The highest BCUT2D eigenvalue weighted by molar-refractivity contribution is 6.30. The van der Waals surface area contributed by atoms with Crippen molar-refractivity contribution in [1.29, 1.82) is 0 Å². The molecule has 6 nitrogen and oxygen atoms in total. The predicted octanol–water partition coefficient (Wildman–Crippen LogP) is 5.98. The van der Waals surface area contributed by atoms with Crippen LogP contribution < -0.4 is 10.6 Å². The summed E-state index contributed by atoms with van der Waals surface area (Å²) in [6.07, 6.45) is 2.30. The van der Waals surface area contributed by atoms with E-state index in [0.29, 0.717) is 28.6 Å². The van der Waals surface area contributed by atoms with E-state index in [1.165, 1.54) is 12.0 Å². The highest BCUT2D eigenvalue weighted by Gasteiger charge is 2.24. The number of imidazole rings is 1. The van der Waals surface area contributed by atoms with Gasteiger partial charge >= 0.3 is 0 Å². The molecule has 0 bridgehead atoms. The minimum atomic E-state index is -0.188.